The van der Waals surface area contributed by atoms with Crippen LogP contribution in [0.3, 0.4) is 0 Å². The molecule has 0 saturated heterocycles. The first-order valence-corrected chi connectivity index (χ1v) is 2.23. The van der Waals surface area contributed by atoms with Gasteiger partial charge in [0, 0.05) is 13.3 Å². The Balaban J connectivity index is 3.14. The molecule has 0 unspecified atom stereocenters. The topological polar surface area (TPSA) is 17.1 Å². The minimum absolute atomic E-state index is 0.0295. The average molecular weight is 97.1 g/mol. The third kappa shape index (κ3) is 5.41. The summed E-state index contributed by atoms with van der Waals surface area (Å²) in [5.41, 5.74) is 0. The molecule has 0 saturated carbocycles. The highest BCUT2D eigenvalue weighted by molar-refractivity contribution is 5.83. The number of ketones is 1. The standard InChI is InChI=1S/C6H9O/c1-3-4-5-6(2)7/h3-4H,2,5H2,1H3. The molecule has 1 radical (unpaired) electrons. The summed E-state index contributed by atoms with van der Waals surface area (Å²) in [5.74, 6) is -0.0295. The van der Waals surface area contributed by atoms with Gasteiger partial charge in [-0.1, -0.05) is 12.2 Å². The van der Waals surface area contributed by atoms with Crippen LogP contribution in [0, 0.1) is 6.92 Å². The van der Waals surface area contributed by atoms with Gasteiger partial charge in [-0.25, -0.2) is 0 Å². The Bertz CT molecular complexity index is 82.2. The highest BCUT2D eigenvalue weighted by Gasteiger charge is 1.81. The van der Waals surface area contributed by atoms with Gasteiger partial charge in [-0.3, -0.25) is 4.79 Å². The van der Waals surface area contributed by atoms with Crippen molar-refractivity contribution in [1.82, 2.24) is 0 Å². The van der Waals surface area contributed by atoms with Gasteiger partial charge in [-0.05, 0) is 6.92 Å². The van der Waals surface area contributed by atoms with E-state index in [1.807, 2.05) is 13.0 Å². The summed E-state index contributed by atoms with van der Waals surface area (Å²) < 4.78 is 0. The van der Waals surface area contributed by atoms with Gasteiger partial charge in [-0.15, -0.1) is 0 Å². The summed E-state index contributed by atoms with van der Waals surface area (Å²) >= 11 is 0. The molecule has 0 atom stereocenters. The van der Waals surface area contributed by atoms with E-state index in [-0.39, 0.29) is 5.78 Å². The number of rotatable bonds is 2. The molecule has 1 heteroatoms. The molecule has 7 heavy (non-hydrogen) atoms. The second kappa shape index (κ2) is 3.59. The molecule has 39 valence electrons. The second-order valence-electron chi connectivity index (χ2n) is 1.31. The number of hydrogen-bond donors (Lipinski definition) is 0. The zero-order chi connectivity index (χ0) is 5.70. The zero-order valence-electron chi connectivity index (χ0n) is 4.48. The van der Waals surface area contributed by atoms with Crippen LogP contribution in [0.15, 0.2) is 12.2 Å². The Kier molecular flexibility index (Phi) is 3.29. The molecule has 0 heterocycles. The Morgan fingerprint density at radius 1 is 1.86 bits per heavy atom. The first kappa shape index (κ1) is 6.41. The van der Waals surface area contributed by atoms with Crippen molar-refractivity contribution in [3.8, 4) is 0 Å². The molecule has 0 aliphatic rings. The van der Waals surface area contributed by atoms with E-state index in [1.165, 1.54) is 0 Å². The van der Waals surface area contributed by atoms with Crippen molar-refractivity contribution in [2.75, 3.05) is 0 Å². The SMILES string of the molecule is [CH2]C(=O)CC=CC. The maximum absolute atomic E-state index is 10.0. The third-order valence-corrected chi connectivity index (χ3v) is 0.581. The van der Waals surface area contributed by atoms with Gasteiger partial charge in [0.25, 0.3) is 0 Å². The van der Waals surface area contributed by atoms with Crippen molar-refractivity contribution in [2.45, 2.75) is 13.3 Å². The van der Waals surface area contributed by atoms with Crippen LogP contribution >= 0.6 is 0 Å². The molecule has 0 aromatic heterocycles. The van der Waals surface area contributed by atoms with Crippen LogP contribution in [-0.2, 0) is 4.79 Å². The lowest BCUT2D eigenvalue weighted by atomic mass is 10.3. The van der Waals surface area contributed by atoms with Gasteiger partial charge in [0.1, 0.15) is 5.78 Å². The normalized spacial score (nSPS) is 10.0. The lowest BCUT2D eigenvalue weighted by Gasteiger charge is -1.77. The van der Waals surface area contributed by atoms with Gasteiger partial charge in [0.05, 0.1) is 0 Å². The quantitative estimate of drug-likeness (QED) is 0.475. The minimum atomic E-state index is -0.0295. The van der Waals surface area contributed by atoms with Gasteiger partial charge in [-0.2, -0.15) is 0 Å². The van der Waals surface area contributed by atoms with Crippen molar-refractivity contribution in [3.63, 3.8) is 0 Å². The molecule has 0 N–H and O–H groups in total. The highest BCUT2D eigenvalue weighted by atomic mass is 16.1. The molecule has 0 aromatic carbocycles. The summed E-state index contributed by atoms with van der Waals surface area (Å²) in [6.45, 7) is 5.06. The number of allylic oxidation sites excluding steroid dienone is 2. The van der Waals surface area contributed by atoms with Gasteiger partial charge in [0.15, 0.2) is 0 Å². The summed E-state index contributed by atoms with van der Waals surface area (Å²) in [6.07, 6.45) is 4.09. The molecule has 0 aliphatic carbocycles. The summed E-state index contributed by atoms with van der Waals surface area (Å²) in [6, 6.07) is 0. The largest absolute Gasteiger partial charge is 0.299 e. The van der Waals surface area contributed by atoms with Crippen LogP contribution in [0.5, 0.6) is 0 Å². The molecule has 0 rings (SSSR count). The van der Waals surface area contributed by atoms with E-state index in [0.717, 1.165) is 0 Å². The Hall–Kier alpha value is -0.590. The predicted octanol–water partition coefficient (Wildman–Crippen LogP) is 1.36. The number of hydrogen-bond acceptors (Lipinski definition) is 1. The maximum atomic E-state index is 10.0. The highest BCUT2D eigenvalue weighted by Crippen LogP contribution is 1.81. The fourth-order valence-corrected chi connectivity index (χ4v) is 0.249. The van der Waals surface area contributed by atoms with Gasteiger partial charge >= 0.3 is 0 Å². The summed E-state index contributed by atoms with van der Waals surface area (Å²) in [5, 5.41) is 0. The molecule has 0 amide bonds. The summed E-state index contributed by atoms with van der Waals surface area (Å²) in [4.78, 5) is 10.0. The lowest BCUT2D eigenvalue weighted by molar-refractivity contribution is -0.114. The second-order valence-corrected chi connectivity index (χ2v) is 1.31. The van der Waals surface area contributed by atoms with Crippen LogP contribution in [0.1, 0.15) is 13.3 Å². The first-order chi connectivity index (χ1) is 3.27. The molecule has 0 bridgehead atoms. The van der Waals surface area contributed by atoms with Gasteiger partial charge < -0.3 is 0 Å². The van der Waals surface area contributed by atoms with E-state index in [2.05, 4.69) is 6.92 Å². The molecular weight excluding hydrogens is 88.1 g/mol. The van der Waals surface area contributed by atoms with Crippen molar-refractivity contribution < 1.29 is 4.79 Å². The van der Waals surface area contributed by atoms with Crippen LogP contribution in [0.2, 0.25) is 0 Å². The van der Waals surface area contributed by atoms with Crippen molar-refractivity contribution in [2.24, 2.45) is 0 Å². The summed E-state index contributed by atoms with van der Waals surface area (Å²) in [7, 11) is 0. The smallest absolute Gasteiger partial charge is 0.137 e. The molecule has 0 fully saturated rings. The number of carbonyl (C=O) groups is 1. The maximum Gasteiger partial charge on any atom is 0.137 e. The number of carbonyl (C=O) groups excluding carboxylic acids is 1. The van der Waals surface area contributed by atoms with E-state index >= 15 is 0 Å². The predicted molar refractivity (Wildman–Crippen MR) is 29.8 cm³/mol. The zero-order valence-corrected chi connectivity index (χ0v) is 4.48. The van der Waals surface area contributed by atoms with Crippen LogP contribution in [0.4, 0.5) is 0 Å². The molecule has 0 aliphatic heterocycles. The molecule has 1 nitrogen and oxygen atoms in total. The van der Waals surface area contributed by atoms with E-state index < -0.39 is 0 Å². The minimum Gasteiger partial charge on any atom is -0.299 e. The lowest BCUT2D eigenvalue weighted by Crippen LogP contribution is -1.83. The molecule has 0 spiro atoms. The van der Waals surface area contributed by atoms with Crippen LogP contribution in [-0.4, -0.2) is 5.78 Å². The Morgan fingerprint density at radius 3 is 2.57 bits per heavy atom. The first-order valence-electron chi connectivity index (χ1n) is 2.23. The monoisotopic (exact) mass is 97.1 g/mol. The van der Waals surface area contributed by atoms with Crippen LogP contribution in [0.25, 0.3) is 0 Å². The molecular formula is C6H9O. The third-order valence-electron chi connectivity index (χ3n) is 0.581. The van der Waals surface area contributed by atoms with E-state index in [0.29, 0.717) is 6.42 Å². The molecule has 0 aromatic rings. The van der Waals surface area contributed by atoms with Crippen molar-refractivity contribution in [3.05, 3.63) is 19.1 Å². The van der Waals surface area contributed by atoms with Crippen molar-refractivity contribution >= 4 is 5.78 Å². The van der Waals surface area contributed by atoms with E-state index in [4.69, 9.17) is 0 Å². The van der Waals surface area contributed by atoms with E-state index in [9.17, 15) is 4.79 Å². The number of Topliss-reactive ketones (excluding diaryl/α,β-unsaturated/α-hetero) is 1. The average Bonchev–Trinajstić information content (AvgIpc) is 1.61. The van der Waals surface area contributed by atoms with Crippen LogP contribution < -0.4 is 0 Å². The van der Waals surface area contributed by atoms with Crippen molar-refractivity contribution in [1.29, 1.82) is 0 Å². The Morgan fingerprint density at radius 2 is 2.43 bits per heavy atom. The van der Waals surface area contributed by atoms with E-state index in [1.54, 1.807) is 6.08 Å². The Labute approximate surface area is 44.0 Å². The van der Waals surface area contributed by atoms with Gasteiger partial charge in [0.2, 0.25) is 0 Å². The fourth-order valence-electron chi connectivity index (χ4n) is 0.249. The fraction of sp³-hybridized carbons (Fsp3) is 0.333.